The Morgan fingerprint density at radius 1 is 1.43 bits per heavy atom. The van der Waals surface area contributed by atoms with Gasteiger partial charge in [0.2, 0.25) is 0 Å². The van der Waals surface area contributed by atoms with E-state index in [0.29, 0.717) is 6.04 Å². The molecular weight excluding hydrogens is 262 g/mol. The van der Waals surface area contributed by atoms with Gasteiger partial charge in [0.05, 0.1) is 16.8 Å². The van der Waals surface area contributed by atoms with Crippen LogP contribution in [0.1, 0.15) is 32.4 Å². The van der Waals surface area contributed by atoms with Gasteiger partial charge in [-0.2, -0.15) is 5.10 Å². The van der Waals surface area contributed by atoms with Gasteiger partial charge in [0, 0.05) is 31.5 Å². The van der Waals surface area contributed by atoms with Gasteiger partial charge in [-0.05, 0) is 32.4 Å². The molecule has 0 saturated carbocycles. The second kappa shape index (κ2) is 5.78. The Morgan fingerprint density at radius 3 is 2.95 bits per heavy atom. The molecule has 1 aliphatic heterocycles. The maximum Gasteiger partial charge on any atom is 0.0811 e. The Bertz CT molecular complexity index is 614. The number of hydrogen-bond acceptors (Lipinski definition) is 3. The molecule has 1 N–H and O–H groups in total. The molecular formula is C17H25N3O. The quantitative estimate of drug-likeness (QED) is 0.919. The highest BCUT2D eigenvalue weighted by atomic mass is 16.5. The van der Waals surface area contributed by atoms with Crippen LogP contribution >= 0.6 is 0 Å². The number of ether oxygens (including phenoxy) is 1. The summed E-state index contributed by atoms with van der Waals surface area (Å²) in [5, 5.41) is 9.60. The summed E-state index contributed by atoms with van der Waals surface area (Å²) >= 11 is 0. The third kappa shape index (κ3) is 2.70. The summed E-state index contributed by atoms with van der Waals surface area (Å²) in [6, 6.07) is 8.75. The predicted octanol–water partition coefficient (Wildman–Crippen LogP) is 2.66. The molecule has 0 radical (unpaired) electrons. The molecule has 21 heavy (non-hydrogen) atoms. The van der Waals surface area contributed by atoms with Crippen LogP contribution in [0.2, 0.25) is 0 Å². The van der Waals surface area contributed by atoms with Crippen molar-refractivity contribution >= 4 is 10.9 Å². The number of nitrogens with one attached hydrogen (secondary N) is 1. The number of aromatic nitrogens is 2. The Hall–Kier alpha value is -1.39. The predicted molar refractivity (Wildman–Crippen MR) is 85.5 cm³/mol. The molecule has 0 spiro atoms. The van der Waals surface area contributed by atoms with Crippen molar-refractivity contribution in [1.82, 2.24) is 15.1 Å². The average Bonchev–Trinajstić information content (AvgIpc) is 3.05. The maximum atomic E-state index is 6.05. The first-order valence-electron chi connectivity index (χ1n) is 7.92. The summed E-state index contributed by atoms with van der Waals surface area (Å²) in [5.74, 6) is 0. The lowest BCUT2D eigenvalue weighted by Gasteiger charge is -2.33. The normalized spacial score (nSPS) is 23.8. The van der Waals surface area contributed by atoms with Crippen LogP contribution in [0.15, 0.2) is 24.3 Å². The van der Waals surface area contributed by atoms with Gasteiger partial charge in [-0.15, -0.1) is 0 Å². The lowest BCUT2D eigenvalue weighted by Crippen LogP contribution is -2.49. The summed E-state index contributed by atoms with van der Waals surface area (Å²) in [6.45, 7) is 6.22. The molecule has 3 rings (SSSR count). The molecule has 4 heteroatoms. The van der Waals surface area contributed by atoms with Crippen LogP contribution in [0, 0.1) is 0 Å². The van der Waals surface area contributed by atoms with Gasteiger partial charge in [0.15, 0.2) is 0 Å². The molecule has 0 aliphatic carbocycles. The highest BCUT2D eigenvalue weighted by Crippen LogP contribution is 2.31. The van der Waals surface area contributed by atoms with E-state index in [4.69, 9.17) is 9.84 Å². The largest absolute Gasteiger partial charge is 0.374 e. The lowest BCUT2D eigenvalue weighted by atomic mass is 9.89. The molecule has 2 unspecified atom stereocenters. The van der Waals surface area contributed by atoms with Gasteiger partial charge in [-0.3, -0.25) is 4.68 Å². The van der Waals surface area contributed by atoms with E-state index >= 15 is 0 Å². The van der Waals surface area contributed by atoms with Crippen molar-refractivity contribution in [2.45, 2.75) is 44.8 Å². The minimum Gasteiger partial charge on any atom is -0.374 e. The first-order chi connectivity index (χ1) is 10.1. The molecule has 1 aromatic heterocycles. The first-order valence-corrected chi connectivity index (χ1v) is 7.92. The van der Waals surface area contributed by atoms with Crippen LogP contribution in [0.4, 0.5) is 0 Å². The van der Waals surface area contributed by atoms with Crippen LogP contribution in [0.5, 0.6) is 0 Å². The summed E-state index contributed by atoms with van der Waals surface area (Å²) in [5.41, 5.74) is 2.28. The summed E-state index contributed by atoms with van der Waals surface area (Å²) in [4.78, 5) is 0. The van der Waals surface area contributed by atoms with Crippen molar-refractivity contribution in [2.24, 2.45) is 7.05 Å². The second-order valence-corrected chi connectivity index (χ2v) is 6.17. The van der Waals surface area contributed by atoms with E-state index in [-0.39, 0.29) is 5.60 Å². The number of benzene rings is 1. The van der Waals surface area contributed by atoms with Gasteiger partial charge in [-0.1, -0.05) is 25.1 Å². The Balaban J connectivity index is 1.91. The molecule has 2 heterocycles. The number of rotatable bonds is 5. The summed E-state index contributed by atoms with van der Waals surface area (Å²) < 4.78 is 8.03. The third-order valence-corrected chi connectivity index (χ3v) is 4.67. The minimum atomic E-state index is -0.0748. The Kier molecular flexibility index (Phi) is 4.00. The topological polar surface area (TPSA) is 39.1 Å². The molecule has 4 nitrogen and oxygen atoms in total. The standard InChI is InChI=1S/C17H25N3O/c1-4-18-16(17(2)10-7-11-21-17)12-14-13-8-5-6-9-15(13)20(3)19-14/h5-6,8-9,16,18H,4,7,10-12H2,1-3H3. The third-order valence-electron chi connectivity index (χ3n) is 4.67. The van der Waals surface area contributed by atoms with Gasteiger partial charge in [0.25, 0.3) is 0 Å². The smallest absolute Gasteiger partial charge is 0.0811 e. The molecule has 0 amide bonds. The van der Waals surface area contributed by atoms with Gasteiger partial charge in [-0.25, -0.2) is 0 Å². The second-order valence-electron chi connectivity index (χ2n) is 6.17. The lowest BCUT2D eigenvalue weighted by molar-refractivity contribution is -0.0112. The molecule has 1 aromatic carbocycles. The summed E-state index contributed by atoms with van der Waals surface area (Å²) in [7, 11) is 2.02. The zero-order valence-electron chi connectivity index (χ0n) is 13.2. The molecule has 114 valence electrons. The van der Waals surface area contributed by atoms with Crippen molar-refractivity contribution < 1.29 is 4.74 Å². The van der Waals surface area contributed by atoms with Crippen LogP contribution in [-0.2, 0) is 18.2 Å². The molecule has 0 bridgehead atoms. The van der Waals surface area contributed by atoms with Crippen molar-refractivity contribution in [1.29, 1.82) is 0 Å². The fourth-order valence-electron chi connectivity index (χ4n) is 3.46. The van der Waals surface area contributed by atoms with Crippen LogP contribution in [0.25, 0.3) is 10.9 Å². The van der Waals surface area contributed by atoms with Crippen LogP contribution in [0.3, 0.4) is 0 Å². The summed E-state index contributed by atoms with van der Waals surface area (Å²) in [6.07, 6.45) is 3.18. The van der Waals surface area contributed by atoms with Gasteiger partial charge >= 0.3 is 0 Å². The van der Waals surface area contributed by atoms with E-state index in [1.165, 1.54) is 10.9 Å². The number of fused-ring (bicyclic) bond motifs is 1. The van der Waals surface area contributed by atoms with E-state index in [9.17, 15) is 0 Å². The zero-order valence-corrected chi connectivity index (χ0v) is 13.2. The molecule has 2 aromatic rings. The van der Waals surface area contributed by atoms with Gasteiger partial charge < -0.3 is 10.1 Å². The highest BCUT2D eigenvalue weighted by molar-refractivity contribution is 5.81. The van der Waals surface area contributed by atoms with E-state index in [2.05, 4.69) is 43.4 Å². The van der Waals surface area contributed by atoms with Crippen molar-refractivity contribution in [3.05, 3.63) is 30.0 Å². The Morgan fingerprint density at radius 2 is 2.24 bits per heavy atom. The van der Waals surface area contributed by atoms with Crippen LogP contribution in [-0.4, -0.2) is 34.6 Å². The highest BCUT2D eigenvalue weighted by Gasteiger charge is 2.38. The van der Waals surface area contributed by atoms with Crippen LogP contribution < -0.4 is 5.32 Å². The van der Waals surface area contributed by atoms with Gasteiger partial charge in [0.1, 0.15) is 0 Å². The average molecular weight is 287 g/mol. The number of aryl methyl sites for hydroxylation is 1. The van der Waals surface area contributed by atoms with Crippen molar-refractivity contribution in [3.8, 4) is 0 Å². The zero-order chi connectivity index (χ0) is 14.9. The van der Waals surface area contributed by atoms with E-state index in [1.807, 2.05) is 11.7 Å². The number of para-hydroxylation sites is 1. The monoisotopic (exact) mass is 287 g/mol. The molecule has 1 fully saturated rings. The Labute approximate surface area is 126 Å². The molecule has 2 atom stereocenters. The minimum absolute atomic E-state index is 0.0748. The number of likely N-dealkylation sites (N-methyl/N-ethyl adjacent to an activating group) is 1. The van der Waals surface area contributed by atoms with Crippen molar-refractivity contribution in [3.63, 3.8) is 0 Å². The fraction of sp³-hybridized carbons (Fsp3) is 0.588. The van der Waals surface area contributed by atoms with E-state index < -0.39 is 0 Å². The van der Waals surface area contributed by atoms with Crippen molar-refractivity contribution in [2.75, 3.05) is 13.2 Å². The van der Waals surface area contributed by atoms with E-state index in [0.717, 1.165) is 38.1 Å². The van der Waals surface area contributed by atoms with E-state index in [1.54, 1.807) is 0 Å². The first kappa shape index (κ1) is 14.5. The number of hydrogen-bond donors (Lipinski definition) is 1. The molecule has 1 aliphatic rings. The fourth-order valence-corrected chi connectivity index (χ4v) is 3.46. The molecule has 1 saturated heterocycles. The SMILES string of the molecule is CCNC(Cc1nn(C)c2ccccc12)C1(C)CCCO1. The number of nitrogens with zero attached hydrogens (tertiary/aromatic N) is 2. The maximum absolute atomic E-state index is 6.05.